The lowest BCUT2D eigenvalue weighted by atomic mass is 9.95. The molecule has 5 nitrogen and oxygen atoms in total. The minimum absolute atomic E-state index is 0.141. The minimum atomic E-state index is -0.746. The number of nitrogens with one attached hydrogen (secondary N) is 1. The van der Waals surface area contributed by atoms with Crippen molar-refractivity contribution in [3.05, 3.63) is 82.8 Å². The topological polar surface area (TPSA) is 62.3 Å². The van der Waals surface area contributed by atoms with Gasteiger partial charge >= 0.3 is 0 Å². The van der Waals surface area contributed by atoms with Gasteiger partial charge < -0.3 is 5.32 Å². The first-order valence-electron chi connectivity index (χ1n) is 10.4. The van der Waals surface area contributed by atoms with Crippen LogP contribution >= 0.6 is 11.3 Å². The number of amides is 2. The summed E-state index contributed by atoms with van der Waals surface area (Å²) in [4.78, 5) is 33.8. The summed E-state index contributed by atoms with van der Waals surface area (Å²) in [5.74, 6) is -0.434. The second-order valence-corrected chi connectivity index (χ2v) is 8.47. The lowest BCUT2D eigenvalue weighted by molar-refractivity contribution is -0.123. The molecular weight excluding hydrogens is 394 g/mol. The number of hydrogen-bond donors (Lipinski definition) is 1. The fourth-order valence-corrected chi connectivity index (χ4v) is 4.75. The van der Waals surface area contributed by atoms with Crippen LogP contribution in [-0.2, 0) is 4.79 Å². The Morgan fingerprint density at radius 1 is 0.967 bits per heavy atom. The van der Waals surface area contributed by atoms with E-state index in [1.807, 2.05) is 47.8 Å². The van der Waals surface area contributed by atoms with Crippen molar-refractivity contribution in [2.45, 2.75) is 44.2 Å². The number of rotatable bonds is 6. The van der Waals surface area contributed by atoms with E-state index in [4.69, 9.17) is 0 Å². The highest BCUT2D eigenvalue weighted by Crippen LogP contribution is 2.32. The van der Waals surface area contributed by atoms with Crippen LogP contribution in [0.2, 0.25) is 0 Å². The van der Waals surface area contributed by atoms with Gasteiger partial charge in [-0.1, -0.05) is 49.6 Å². The largest absolute Gasteiger partial charge is 0.351 e. The van der Waals surface area contributed by atoms with E-state index in [0.29, 0.717) is 11.4 Å². The molecule has 154 valence electrons. The Labute approximate surface area is 180 Å². The predicted octanol–water partition coefficient (Wildman–Crippen LogP) is 4.98. The number of aromatic nitrogens is 1. The molecule has 3 aromatic rings. The first-order chi connectivity index (χ1) is 14.7. The van der Waals surface area contributed by atoms with Crippen LogP contribution in [0, 0.1) is 0 Å². The molecule has 1 aromatic carbocycles. The lowest BCUT2D eigenvalue weighted by Crippen LogP contribution is -2.47. The predicted molar refractivity (Wildman–Crippen MR) is 120 cm³/mol. The van der Waals surface area contributed by atoms with Crippen molar-refractivity contribution in [2.75, 3.05) is 4.90 Å². The summed E-state index contributed by atoms with van der Waals surface area (Å²) in [5.41, 5.74) is 0.985. The van der Waals surface area contributed by atoms with E-state index in [0.717, 1.165) is 30.6 Å². The van der Waals surface area contributed by atoms with Gasteiger partial charge in [0.1, 0.15) is 5.69 Å². The van der Waals surface area contributed by atoms with Crippen molar-refractivity contribution >= 4 is 28.8 Å². The molecule has 2 aromatic heterocycles. The quantitative estimate of drug-likeness (QED) is 0.613. The summed E-state index contributed by atoms with van der Waals surface area (Å²) < 4.78 is 0. The fourth-order valence-electron chi connectivity index (χ4n) is 3.93. The summed E-state index contributed by atoms with van der Waals surface area (Å²) in [5, 5.41) is 5.15. The van der Waals surface area contributed by atoms with Gasteiger partial charge in [0.2, 0.25) is 5.91 Å². The molecule has 0 aliphatic heterocycles. The highest BCUT2D eigenvalue weighted by Gasteiger charge is 2.35. The molecule has 1 atom stereocenters. The molecule has 0 spiro atoms. The van der Waals surface area contributed by atoms with Crippen LogP contribution < -0.4 is 10.2 Å². The number of thiophene rings is 1. The maximum Gasteiger partial charge on any atom is 0.277 e. The Morgan fingerprint density at radius 2 is 1.73 bits per heavy atom. The summed E-state index contributed by atoms with van der Waals surface area (Å²) in [6.45, 7) is 0. The molecule has 4 rings (SSSR count). The van der Waals surface area contributed by atoms with E-state index in [1.165, 1.54) is 17.8 Å². The maximum absolute atomic E-state index is 13.6. The first kappa shape index (κ1) is 20.3. The van der Waals surface area contributed by atoms with Gasteiger partial charge in [0.05, 0.1) is 0 Å². The third-order valence-corrected chi connectivity index (χ3v) is 6.33. The molecule has 0 bridgehead atoms. The average molecular weight is 420 g/mol. The van der Waals surface area contributed by atoms with Crippen LogP contribution in [-0.4, -0.2) is 22.8 Å². The molecule has 6 heteroatoms. The van der Waals surface area contributed by atoms with Crippen molar-refractivity contribution in [3.8, 4) is 0 Å². The molecule has 2 amide bonds. The zero-order chi connectivity index (χ0) is 20.8. The summed E-state index contributed by atoms with van der Waals surface area (Å²) >= 11 is 1.48. The Hall–Kier alpha value is -2.99. The molecule has 1 fully saturated rings. The van der Waals surface area contributed by atoms with Crippen molar-refractivity contribution in [1.82, 2.24) is 10.3 Å². The molecule has 2 heterocycles. The monoisotopic (exact) mass is 419 g/mol. The second-order valence-electron chi connectivity index (χ2n) is 7.49. The SMILES string of the molecule is O=C(NC1CCCCC1)[C@H](c1cccs1)N(C(=O)c1ccccn1)c1ccccc1. The van der Waals surface area contributed by atoms with Gasteiger partial charge in [-0.3, -0.25) is 19.5 Å². The van der Waals surface area contributed by atoms with Gasteiger partial charge in [-0.15, -0.1) is 11.3 Å². The van der Waals surface area contributed by atoms with E-state index in [9.17, 15) is 9.59 Å². The minimum Gasteiger partial charge on any atom is -0.351 e. The smallest absolute Gasteiger partial charge is 0.277 e. The summed E-state index contributed by atoms with van der Waals surface area (Å²) in [7, 11) is 0. The van der Waals surface area contributed by atoms with Crippen molar-refractivity contribution < 1.29 is 9.59 Å². The van der Waals surface area contributed by atoms with E-state index in [1.54, 1.807) is 29.3 Å². The normalized spacial score (nSPS) is 15.3. The standard InChI is InChI=1S/C24H25N3O2S/c28-23(26-18-10-3-1-4-11-18)22(21-15-9-17-30-21)27(19-12-5-2-6-13-19)24(29)20-14-7-8-16-25-20/h2,5-9,12-18,22H,1,3-4,10-11H2,(H,26,28)/t22-/m0/s1. The number of carbonyl (C=O) groups is 2. The maximum atomic E-state index is 13.6. The fraction of sp³-hybridized carbons (Fsp3) is 0.292. The van der Waals surface area contributed by atoms with Gasteiger partial charge in [0.15, 0.2) is 6.04 Å². The Morgan fingerprint density at radius 3 is 2.40 bits per heavy atom. The van der Waals surface area contributed by atoms with Crippen LogP contribution in [0.5, 0.6) is 0 Å². The number of nitrogens with zero attached hydrogens (tertiary/aromatic N) is 2. The Bertz CT molecular complexity index is 955. The number of anilines is 1. The van der Waals surface area contributed by atoms with Crippen molar-refractivity contribution in [1.29, 1.82) is 0 Å². The molecule has 0 saturated heterocycles. The molecule has 1 N–H and O–H groups in total. The van der Waals surface area contributed by atoms with Gasteiger partial charge in [-0.2, -0.15) is 0 Å². The van der Waals surface area contributed by atoms with E-state index < -0.39 is 6.04 Å². The summed E-state index contributed by atoms with van der Waals surface area (Å²) in [6, 6.07) is 17.8. The highest BCUT2D eigenvalue weighted by atomic mass is 32.1. The number of hydrogen-bond acceptors (Lipinski definition) is 4. The van der Waals surface area contributed by atoms with Gasteiger partial charge in [-0.25, -0.2) is 0 Å². The van der Waals surface area contributed by atoms with Crippen LogP contribution in [0.1, 0.15) is 53.5 Å². The zero-order valence-corrected chi connectivity index (χ0v) is 17.6. The molecule has 1 saturated carbocycles. The number of pyridine rings is 1. The second kappa shape index (κ2) is 9.67. The lowest BCUT2D eigenvalue weighted by Gasteiger charge is -2.32. The first-order valence-corrected chi connectivity index (χ1v) is 11.3. The molecule has 0 unspecified atom stereocenters. The van der Waals surface area contributed by atoms with E-state index >= 15 is 0 Å². The van der Waals surface area contributed by atoms with E-state index in [-0.39, 0.29) is 17.9 Å². The van der Waals surface area contributed by atoms with Crippen LogP contribution in [0.25, 0.3) is 0 Å². The Kier molecular flexibility index (Phi) is 6.54. The molecule has 1 aliphatic carbocycles. The number of carbonyl (C=O) groups excluding carboxylic acids is 2. The third kappa shape index (κ3) is 4.60. The zero-order valence-electron chi connectivity index (χ0n) is 16.7. The van der Waals surface area contributed by atoms with Gasteiger partial charge in [0.25, 0.3) is 5.91 Å². The highest BCUT2D eigenvalue weighted by molar-refractivity contribution is 7.10. The van der Waals surface area contributed by atoms with Crippen LogP contribution in [0.15, 0.2) is 72.2 Å². The number of para-hydroxylation sites is 1. The molecule has 1 aliphatic rings. The van der Waals surface area contributed by atoms with Gasteiger partial charge in [0, 0.05) is 22.8 Å². The van der Waals surface area contributed by atoms with Crippen LogP contribution in [0.3, 0.4) is 0 Å². The number of benzene rings is 1. The van der Waals surface area contributed by atoms with E-state index in [2.05, 4.69) is 10.3 Å². The Balaban J connectivity index is 1.73. The molecule has 0 radical (unpaired) electrons. The molecule has 30 heavy (non-hydrogen) atoms. The van der Waals surface area contributed by atoms with Crippen molar-refractivity contribution in [3.63, 3.8) is 0 Å². The average Bonchev–Trinajstić information content (AvgIpc) is 3.33. The summed E-state index contributed by atoms with van der Waals surface area (Å²) in [6.07, 6.45) is 7.05. The molecular formula is C24H25N3O2S. The van der Waals surface area contributed by atoms with Gasteiger partial charge in [-0.05, 0) is 48.6 Å². The third-order valence-electron chi connectivity index (χ3n) is 5.41. The van der Waals surface area contributed by atoms with Crippen molar-refractivity contribution in [2.24, 2.45) is 0 Å². The van der Waals surface area contributed by atoms with Crippen LogP contribution in [0.4, 0.5) is 5.69 Å².